The molecule has 3 nitrogen and oxygen atoms in total. The van der Waals surface area contributed by atoms with Crippen LogP contribution in [0.3, 0.4) is 0 Å². The maximum absolute atomic E-state index is 12.9. The highest BCUT2D eigenvalue weighted by Gasteiger charge is 2.32. The average Bonchev–Trinajstić information content (AvgIpc) is 2.46. The van der Waals surface area contributed by atoms with Crippen molar-refractivity contribution < 1.29 is 13.2 Å². The van der Waals surface area contributed by atoms with Crippen LogP contribution in [0.25, 0.3) is 0 Å². The lowest BCUT2D eigenvalue weighted by molar-refractivity contribution is -0.137. The van der Waals surface area contributed by atoms with Crippen LogP contribution in [0.5, 0.6) is 0 Å². The van der Waals surface area contributed by atoms with Crippen molar-refractivity contribution in [3.05, 3.63) is 17.7 Å². The van der Waals surface area contributed by atoms with Gasteiger partial charge in [0.25, 0.3) is 0 Å². The van der Waals surface area contributed by atoms with E-state index in [0.717, 1.165) is 25.0 Å². The van der Waals surface area contributed by atoms with E-state index in [1.165, 1.54) is 19.3 Å². The fourth-order valence-corrected chi connectivity index (χ4v) is 2.88. The van der Waals surface area contributed by atoms with Crippen molar-refractivity contribution in [2.24, 2.45) is 5.92 Å². The molecule has 1 atom stereocenters. The van der Waals surface area contributed by atoms with Gasteiger partial charge in [-0.05, 0) is 37.8 Å². The number of hydrogen-bond acceptors (Lipinski definition) is 3. The summed E-state index contributed by atoms with van der Waals surface area (Å²) in [5.41, 5.74) is -0.680. The highest BCUT2D eigenvalue weighted by Crippen LogP contribution is 2.33. The molecule has 0 aromatic carbocycles. The Morgan fingerprint density at radius 1 is 1.14 bits per heavy atom. The quantitative estimate of drug-likeness (QED) is 0.858. The fourth-order valence-electron chi connectivity index (χ4n) is 2.88. The third-order valence-electron chi connectivity index (χ3n) is 4.14. The molecule has 1 unspecified atom stereocenters. The Kier molecular flexibility index (Phi) is 4.96. The van der Waals surface area contributed by atoms with Crippen LogP contribution in [-0.2, 0) is 6.18 Å². The molecular formula is C15H22F3N3. The number of nitrogens with zero attached hydrogens (tertiary/aromatic N) is 1. The molecule has 1 fully saturated rings. The molecule has 0 aliphatic heterocycles. The monoisotopic (exact) mass is 301 g/mol. The zero-order valence-corrected chi connectivity index (χ0v) is 12.4. The summed E-state index contributed by atoms with van der Waals surface area (Å²) in [6, 6.07) is 2.24. The van der Waals surface area contributed by atoms with Gasteiger partial charge in [0.1, 0.15) is 11.6 Å². The summed E-state index contributed by atoms with van der Waals surface area (Å²) < 4.78 is 38.7. The summed E-state index contributed by atoms with van der Waals surface area (Å²) in [6.45, 7) is 2.02. The summed E-state index contributed by atoms with van der Waals surface area (Å²) in [4.78, 5) is 4.18. The minimum atomic E-state index is -4.36. The van der Waals surface area contributed by atoms with Crippen LogP contribution >= 0.6 is 0 Å². The average molecular weight is 301 g/mol. The van der Waals surface area contributed by atoms with Crippen LogP contribution in [0.4, 0.5) is 24.8 Å². The lowest BCUT2D eigenvalue weighted by atomic mass is 9.84. The molecule has 2 N–H and O–H groups in total. The number of pyridine rings is 1. The summed E-state index contributed by atoms with van der Waals surface area (Å²) in [5, 5.41) is 5.83. The number of alkyl halides is 3. The molecule has 1 aromatic heterocycles. The largest absolute Gasteiger partial charge is 0.416 e. The number of hydrogen-bond donors (Lipinski definition) is 2. The zero-order chi connectivity index (χ0) is 15.5. The molecular weight excluding hydrogens is 279 g/mol. The first kappa shape index (κ1) is 15.9. The summed E-state index contributed by atoms with van der Waals surface area (Å²) in [7, 11) is 1.57. The zero-order valence-electron chi connectivity index (χ0n) is 12.4. The lowest BCUT2D eigenvalue weighted by Gasteiger charge is -2.29. The second kappa shape index (κ2) is 6.54. The summed E-state index contributed by atoms with van der Waals surface area (Å²) in [5.74, 6) is 1.02. The third-order valence-corrected chi connectivity index (χ3v) is 4.14. The molecule has 1 saturated carbocycles. The second-order valence-corrected chi connectivity index (χ2v) is 5.71. The normalized spacial score (nSPS) is 18.3. The van der Waals surface area contributed by atoms with Crippen molar-refractivity contribution in [3.8, 4) is 0 Å². The molecule has 2 rings (SSSR count). The summed E-state index contributed by atoms with van der Waals surface area (Å²) in [6.07, 6.45) is 1.56. The van der Waals surface area contributed by atoms with Gasteiger partial charge in [-0.25, -0.2) is 4.98 Å². The van der Waals surface area contributed by atoms with Crippen LogP contribution < -0.4 is 10.6 Å². The first-order valence-electron chi connectivity index (χ1n) is 7.43. The summed E-state index contributed by atoms with van der Waals surface area (Å²) >= 11 is 0. The highest BCUT2D eigenvalue weighted by molar-refractivity contribution is 5.50. The fraction of sp³-hybridized carbons (Fsp3) is 0.667. The van der Waals surface area contributed by atoms with E-state index in [9.17, 15) is 13.2 Å². The van der Waals surface area contributed by atoms with Crippen LogP contribution in [-0.4, -0.2) is 18.1 Å². The predicted octanol–water partition coefficient (Wildman–Crippen LogP) is 4.52. The molecule has 0 amide bonds. The Labute approximate surface area is 123 Å². The topological polar surface area (TPSA) is 37.0 Å². The smallest absolute Gasteiger partial charge is 0.373 e. The third kappa shape index (κ3) is 4.25. The van der Waals surface area contributed by atoms with Crippen molar-refractivity contribution in [1.29, 1.82) is 0 Å². The lowest BCUT2D eigenvalue weighted by Crippen LogP contribution is -2.28. The van der Waals surface area contributed by atoms with Crippen molar-refractivity contribution in [1.82, 2.24) is 4.98 Å². The van der Waals surface area contributed by atoms with Crippen LogP contribution in [0.2, 0.25) is 0 Å². The Morgan fingerprint density at radius 3 is 2.33 bits per heavy atom. The van der Waals surface area contributed by atoms with E-state index in [4.69, 9.17) is 0 Å². The SMILES string of the molecule is CNc1cc(C(F)(F)F)cc(NC(C)C2CCCCC2)n1. The van der Waals surface area contributed by atoms with Gasteiger partial charge in [-0.15, -0.1) is 0 Å². The predicted molar refractivity (Wildman–Crippen MR) is 78.4 cm³/mol. The number of aromatic nitrogens is 1. The Hall–Kier alpha value is -1.46. The van der Waals surface area contributed by atoms with E-state index in [1.807, 2.05) is 6.92 Å². The standard InChI is InChI=1S/C15H22F3N3/c1-10(11-6-4-3-5-7-11)20-14-9-12(15(16,17)18)8-13(19-2)21-14/h8-11H,3-7H2,1-2H3,(H2,19,20,21). The first-order valence-corrected chi connectivity index (χ1v) is 7.43. The van der Waals surface area contributed by atoms with Crippen LogP contribution in [0.15, 0.2) is 12.1 Å². The molecule has 1 aliphatic rings. The van der Waals surface area contributed by atoms with Gasteiger partial charge in [-0.2, -0.15) is 13.2 Å². The molecule has 118 valence electrons. The molecule has 0 bridgehead atoms. The number of anilines is 2. The van der Waals surface area contributed by atoms with Crippen molar-refractivity contribution in [2.45, 2.75) is 51.2 Å². The van der Waals surface area contributed by atoms with Gasteiger partial charge < -0.3 is 10.6 Å². The molecule has 21 heavy (non-hydrogen) atoms. The van der Waals surface area contributed by atoms with Gasteiger partial charge in [0.05, 0.1) is 5.56 Å². The highest BCUT2D eigenvalue weighted by atomic mass is 19.4. The Morgan fingerprint density at radius 2 is 1.76 bits per heavy atom. The minimum absolute atomic E-state index is 0.131. The van der Waals surface area contributed by atoms with Gasteiger partial charge in [-0.1, -0.05) is 19.3 Å². The van der Waals surface area contributed by atoms with Gasteiger partial charge in [0.15, 0.2) is 0 Å². The van der Waals surface area contributed by atoms with Crippen molar-refractivity contribution in [3.63, 3.8) is 0 Å². The number of halogens is 3. The molecule has 6 heteroatoms. The van der Waals surface area contributed by atoms with E-state index < -0.39 is 11.7 Å². The van der Waals surface area contributed by atoms with E-state index in [2.05, 4.69) is 15.6 Å². The van der Waals surface area contributed by atoms with Gasteiger partial charge in [-0.3, -0.25) is 0 Å². The van der Waals surface area contributed by atoms with Gasteiger partial charge >= 0.3 is 6.18 Å². The Bertz CT molecular complexity index is 468. The molecule has 1 heterocycles. The Balaban J connectivity index is 2.14. The molecule has 1 aromatic rings. The van der Waals surface area contributed by atoms with Gasteiger partial charge in [0, 0.05) is 13.1 Å². The molecule has 0 saturated heterocycles. The number of nitrogens with one attached hydrogen (secondary N) is 2. The van der Waals surface area contributed by atoms with Crippen molar-refractivity contribution >= 4 is 11.6 Å². The minimum Gasteiger partial charge on any atom is -0.373 e. The maximum atomic E-state index is 12.9. The van der Waals surface area contributed by atoms with E-state index in [-0.39, 0.29) is 17.7 Å². The van der Waals surface area contributed by atoms with Gasteiger partial charge in [0.2, 0.25) is 0 Å². The van der Waals surface area contributed by atoms with E-state index in [1.54, 1.807) is 7.05 Å². The molecule has 1 aliphatic carbocycles. The number of rotatable bonds is 4. The molecule has 0 radical (unpaired) electrons. The first-order chi connectivity index (χ1) is 9.90. The molecule has 0 spiro atoms. The maximum Gasteiger partial charge on any atom is 0.416 e. The van der Waals surface area contributed by atoms with Crippen molar-refractivity contribution in [2.75, 3.05) is 17.7 Å². The van der Waals surface area contributed by atoms with Crippen LogP contribution in [0, 0.1) is 5.92 Å². The van der Waals surface area contributed by atoms with E-state index in [0.29, 0.717) is 5.92 Å². The van der Waals surface area contributed by atoms with E-state index >= 15 is 0 Å². The second-order valence-electron chi connectivity index (χ2n) is 5.71. The van der Waals surface area contributed by atoms with Crippen LogP contribution in [0.1, 0.15) is 44.6 Å².